The van der Waals surface area contributed by atoms with E-state index in [0.717, 1.165) is 24.0 Å². The number of aromatic nitrogens is 1. The molecule has 0 radical (unpaired) electrons. The van der Waals surface area contributed by atoms with Gasteiger partial charge in [-0.3, -0.25) is 0 Å². The van der Waals surface area contributed by atoms with E-state index in [1.165, 1.54) is 28.5 Å². The molecule has 18 heavy (non-hydrogen) atoms. The molecule has 1 fully saturated rings. The molecule has 5 heteroatoms. The lowest BCUT2D eigenvalue weighted by molar-refractivity contribution is 0.681. The van der Waals surface area contributed by atoms with E-state index in [4.69, 9.17) is 5.26 Å². The zero-order valence-corrected chi connectivity index (χ0v) is 12.5. The van der Waals surface area contributed by atoms with Gasteiger partial charge in [0.1, 0.15) is 11.8 Å². The minimum atomic E-state index is 0.739. The molecule has 1 aromatic heterocycles. The van der Waals surface area contributed by atoms with Crippen LogP contribution in [0.2, 0.25) is 0 Å². The van der Waals surface area contributed by atoms with Gasteiger partial charge < -0.3 is 9.88 Å². The Hall–Kier alpha value is -0.570. The summed E-state index contributed by atoms with van der Waals surface area (Å²) in [5.41, 5.74) is 3.17. The summed E-state index contributed by atoms with van der Waals surface area (Å²) in [6.45, 7) is 4.00. The highest BCUT2D eigenvalue weighted by Crippen LogP contribution is 2.23. The molecule has 0 saturated carbocycles. The van der Waals surface area contributed by atoms with E-state index in [1.54, 1.807) is 0 Å². The minimum Gasteiger partial charge on any atom is -0.340 e. The average molecular weight is 281 g/mol. The molecule has 1 unspecified atom stereocenters. The van der Waals surface area contributed by atoms with Crippen molar-refractivity contribution in [2.24, 2.45) is 7.05 Å². The number of rotatable bonds is 4. The lowest BCUT2D eigenvalue weighted by atomic mass is 10.2. The molecular formula is C13H19N3S2. The van der Waals surface area contributed by atoms with Crippen molar-refractivity contribution in [3.05, 3.63) is 23.0 Å². The third-order valence-corrected chi connectivity index (χ3v) is 6.17. The van der Waals surface area contributed by atoms with Crippen LogP contribution in [0.25, 0.3) is 0 Å². The molecule has 1 atom stereocenters. The van der Waals surface area contributed by atoms with Crippen LogP contribution in [-0.2, 0) is 13.6 Å². The van der Waals surface area contributed by atoms with Gasteiger partial charge in [0.25, 0.3) is 0 Å². The van der Waals surface area contributed by atoms with Crippen molar-refractivity contribution in [2.45, 2.75) is 18.7 Å². The molecule has 2 heterocycles. The first kappa shape index (κ1) is 13.9. The Bertz CT molecular complexity index is 442. The summed E-state index contributed by atoms with van der Waals surface area (Å²) in [7, 11) is 1.95. The molecule has 1 aliphatic heterocycles. The largest absolute Gasteiger partial charge is 0.340 e. The standard InChI is InChI=1S/C13H19N3S2/c1-10-11(5-12(6-14)16(10)2)7-15-8-13-9-17-3-4-18-13/h5,13,15H,3-4,7-9H2,1-2H3. The Morgan fingerprint density at radius 2 is 2.39 bits per heavy atom. The van der Waals surface area contributed by atoms with Gasteiger partial charge in [0.05, 0.1) is 0 Å². The maximum Gasteiger partial charge on any atom is 0.120 e. The number of nitrogens with one attached hydrogen (secondary N) is 1. The van der Waals surface area contributed by atoms with Gasteiger partial charge in [-0.25, -0.2) is 0 Å². The zero-order chi connectivity index (χ0) is 13.0. The highest BCUT2D eigenvalue weighted by molar-refractivity contribution is 8.06. The summed E-state index contributed by atoms with van der Waals surface area (Å²) < 4.78 is 1.96. The van der Waals surface area contributed by atoms with Crippen LogP contribution in [0.15, 0.2) is 6.07 Å². The number of nitrogens with zero attached hydrogens (tertiary/aromatic N) is 2. The summed E-state index contributed by atoms with van der Waals surface area (Å²) in [6, 6.07) is 4.22. The highest BCUT2D eigenvalue weighted by Gasteiger charge is 2.14. The van der Waals surface area contributed by atoms with Crippen LogP contribution < -0.4 is 5.32 Å². The molecule has 1 N–H and O–H groups in total. The van der Waals surface area contributed by atoms with Crippen LogP contribution in [0.4, 0.5) is 0 Å². The summed E-state index contributed by atoms with van der Waals surface area (Å²) in [6.07, 6.45) is 0. The maximum atomic E-state index is 8.99. The molecular weight excluding hydrogens is 262 g/mol. The van der Waals surface area contributed by atoms with Crippen molar-refractivity contribution in [1.29, 1.82) is 5.26 Å². The number of nitriles is 1. The van der Waals surface area contributed by atoms with Crippen molar-refractivity contribution in [2.75, 3.05) is 23.8 Å². The first-order valence-electron chi connectivity index (χ1n) is 6.17. The van der Waals surface area contributed by atoms with E-state index in [2.05, 4.69) is 41.8 Å². The zero-order valence-electron chi connectivity index (χ0n) is 10.9. The molecule has 0 aliphatic carbocycles. The molecule has 0 bridgehead atoms. The van der Waals surface area contributed by atoms with E-state index >= 15 is 0 Å². The summed E-state index contributed by atoms with van der Waals surface area (Å²) in [5.74, 6) is 3.83. The van der Waals surface area contributed by atoms with Crippen molar-refractivity contribution >= 4 is 23.5 Å². The number of hydrogen-bond donors (Lipinski definition) is 1. The monoisotopic (exact) mass is 281 g/mol. The van der Waals surface area contributed by atoms with Crippen molar-refractivity contribution in [3.63, 3.8) is 0 Å². The number of thioether (sulfide) groups is 2. The second-order valence-corrected chi connectivity index (χ2v) is 7.07. The van der Waals surface area contributed by atoms with Gasteiger partial charge in [0, 0.05) is 48.3 Å². The smallest absolute Gasteiger partial charge is 0.120 e. The summed E-state index contributed by atoms with van der Waals surface area (Å²) in [5, 5.41) is 13.2. The molecule has 2 rings (SSSR count). The van der Waals surface area contributed by atoms with Crippen LogP contribution >= 0.6 is 23.5 Å². The van der Waals surface area contributed by atoms with Gasteiger partial charge in [-0.05, 0) is 18.6 Å². The maximum absolute atomic E-state index is 8.99. The molecule has 1 saturated heterocycles. The van der Waals surface area contributed by atoms with E-state index in [1.807, 2.05) is 17.7 Å². The minimum absolute atomic E-state index is 0.739. The fourth-order valence-corrected chi connectivity index (χ4v) is 4.72. The van der Waals surface area contributed by atoms with E-state index in [9.17, 15) is 0 Å². The lowest BCUT2D eigenvalue weighted by Crippen LogP contribution is -2.28. The highest BCUT2D eigenvalue weighted by atomic mass is 32.2. The second kappa shape index (κ2) is 6.55. The summed E-state index contributed by atoms with van der Waals surface area (Å²) in [4.78, 5) is 0. The van der Waals surface area contributed by atoms with Crippen LogP contribution in [0, 0.1) is 18.3 Å². The van der Waals surface area contributed by atoms with Crippen LogP contribution in [-0.4, -0.2) is 33.6 Å². The Morgan fingerprint density at radius 1 is 1.56 bits per heavy atom. The van der Waals surface area contributed by atoms with Crippen molar-refractivity contribution < 1.29 is 0 Å². The molecule has 3 nitrogen and oxygen atoms in total. The average Bonchev–Trinajstić information content (AvgIpc) is 2.68. The van der Waals surface area contributed by atoms with E-state index in [-0.39, 0.29) is 0 Å². The normalized spacial score (nSPS) is 19.7. The fourth-order valence-electron chi connectivity index (χ4n) is 2.07. The van der Waals surface area contributed by atoms with E-state index in [0.29, 0.717) is 0 Å². The van der Waals surface area contributed by atoms with Gasteiger partial charge in [0.2, 0.25) is 0 Å². The fraction of sp³-hybridized carbons (Fsp3) is 0.615. The molecule has 0 spiro atoms. The Kier molecular flexibility index (Phi) is 5.04. The van der Waals surface area contributed by atoms with Gasteiger partial charge >= 0.3 is 0 Å². The van der Waals surface area contributed by atoms with Crippen LogP contribution in [0.3, 0.4) is 0 Å². The Balaban J connectivity index is 1.85. The Labute approximate surface area is 117 Å². The van der Waals surface area contributed by atoms with Crippen LogP contribution in [0.1, 0.15) is 17.0 Å². The topological polar surface area (TPSA) is 40.8 Å². The van der Waals surface area contributed by atoms with Crippen LogP contribution in [0.5, 0.6) is 0 Å². The molecule has 0 amide bonds. The third kappa shape index (κ3) is 3.25. The van der Waals surface area contributed by atoms with Crippen molar-refractivity contribution in [1.82, 2.24) is 9.88 Å². The van der Waals surface area contributed by atoms with Gasteiger partial charge in [0.15, 0.2) is 0 Å². The second-order valence-electron chi connectivity index (χ2n) is 4.51. The Morgan fingerprint density at radius 3 is 3.00 bits per heavy atom. The summed E-state index contributed by atoms with van der Waals surface area (Å²) >= 11 is 4.13. The first-order valence-corrected chi connectivity index (χ1v) is 8.38. The predicted octanol–water partition coefficient (Wildman–Crippen LogP) is 2.14. The third-order valence-electron chi connectivity index (χ3n) is 3.33. The molecule has 98 valence electrons. The van der Waals surface area contributed by atoms with Gasteiger partial charge in [-0.1, -0.05) is 0 Å². The van der Waals surface area contributed by atoms with E-state index < -0.39 is 0 Å². The lowest BCUT2D eigenvalue weighted by Gasteiger charge is -2.21. The number of hydrogen-bond acceptors (Lipinski definition) is 4. The quantitative estimate of drug-likeness (QED) is 0.918. The molecule has 0 aromatic carbocycles. The molecule has 1 aliphatic rings. The molecule has 1 aromatic rings. The van der Waals surface area contributed by atoms with Gasteiger partial charge in [-0.2, -0.15) is 28.8 Å². The SMILES string of the molecule is Cc1c(CNCC2CSCCS2)cc(C#N)n1C. The van der Waals surface area contributed by atoms with Crippen molar-refractivity contribution in [3.8, 4) is 6.07 Å². The van der Waals surface area contributed by atoms with Gasteiger partial charge in [-0.15, -0.1) is 0 Å². The first-order chi connectivity index (χ1) is 8.72. The predicted molar refractivity (Wildman–Crippen MR) is 80.1 cm³/mol.